The van der Waals surface area contributed by atoms with Crippen molar-refractivity contribution in [1.29, 1.82) is 0 Å². The Labute approximate surface area is 150 Å². The van der Waals surface area contributed by atoms with Crippen molar-refractivity contribution in [2.45, 2.75) is 44.9 Å². The van der Waals surface area contributed by atoms with E-state index in [1.54, 1.807) is 0 Å². The fourth-order valence-corrected chi connectivity index (χ4v) is 6.66. The number of hydrogen-bond acceptors (Lipinski definition) is 3. The van der Waals surface area contributed by atoms with Gasteiger partial charge in [0.15, 0.2) is 0 Å². The molecule has 4 nitrogen and oxygen atoms in total. The third-order valence-electron chi connectivity index (χ3n) is 7.30. The summed E-state index contributed by atoms with van der Waals surface area (Å²) in [5, 5.41) is 0. The van der Waals surface area contributed by atoms with Crippen molar-refractivity contribution < 1.29 is 4.79 Å². The van der Waals surface area contributed by atoms with E-state index < -0.39 is 0 Å². The van der Waals surface area contributed by atoms with E-state index in [1.165, 1.54) is 38.5 Å². The molecule has 0 aromatic carbocycles. The zero-order valence-electron chi connectivity index (χ0n) is 15.1. The van der Waals surface area contributed by atoms with Gasteiger partial charge in [-0.05, 0) is 73.8 Å². The Kier molecular flexibility index (Phi) is 3.76. The fraction of sp³-hybridized carbons (Fsp3) is 0.714. The molecule has 134 valence electrons. The molecule has 25 heavy (non-hydrogen) atoms. The van der Waals surface area contributed by atoms with Crippen LogP contribution in [0.5, 0.6) is 0 Å². The van der Waals surface area contributed by atoms with Crippen molar-refractivity contribution in [2.75, 3.05) is 31.1 Å². The molecule has 5 aliphatic rings. The SMILES string of the molecule is O=C(CC12CC3CC(CC(C3)C1)C2)N1CCN(c2ccccn2)CC1. The van der Waals surface area contributed by atoms with Gasteiger partial charge >= 0.3 is 0 Å². The number of aromatic nitrogens is 1. The molecular formula is C21H29N3O. The summed E-state index contributed by atoms with van der Waals surface area (Å²) >= 11 is 0. The number of piperazine rings is 1. The van der Waals surface area contributed by atoms with Crippen LogP contribution in [-0.4, -0.2) is 42.0 Å². The molecule has 4 heteroatoms. The summed E-state index contributed by atoms with van der Waals surface area (Å²) in [6.07, 6.45) is 11.0. The van der Waals surface area contributed by atoms with E-state index in [9.17, 15) is 4.79 Å². The Morgan fingerprint density at radius 1 is 1.00 bits per heavy atom. The molecule has 1 aromatic rings. The number of hydrogen-bond donors (Lipinski definition) is 0. The lowest BCUT2D eigenvalue weighted by Gasteiger charge is -2.57. The Bertz CT molecular complexity index is 601. The third-order valence-corrected chi connectivity index (χ3v) is 7.30. The summed E-state index contributed by atoms with van der Waals surface area (Å²) in [4.78, 5) is 21.9. The number of carbonyl (C=O) groups excluding carboxylic acids is 1. The molecule has 4 saturated carbocycles. The van der Waals surface area contributed by atoms with Crippen LogP contribution in [0, 0.1) is 23.2 Å². The van der Waals surface area contributed by atoms with Crippen LogP contribution in [0.1, 0.15) is 44.9 Å². The van der Waals surface area contributed by atoms with Crippen molar-refractivity contribution in [1.82, 2.24) is 9.88 Å². The van der Waals surface area contributed by atoms with Crippen LogP contribution < -0.4 is 4.90 Å². The van der Waals surface area contributed by atoms with Gasteiger partial charge in [-0.1, -0.05) is 6.07 Å². The number of amides is 1. The molecule has 1 aromatic heterocycles. The Morgan fingerprint density at radius 3 is 2.20 bits per heavy atom. The maximum absolute atomic E-state index is 13.0. The zero-order chi connectivity index (χ0) is 16.9. The minimum absolute atomic E-state index is 0.365. The van der Waals surface area contributed by atoms with Gasteiger partial charge in [-0.2, -0.15) is 0 Å². The molecule has 1 amide bonds. The average Bonchev–Trinajstić information content (AvgIpc) is 2.61. The smallest absolute Gasteiger partial charge is 0.223 e. The number of pyridine rings is 1. The molecule has 6 rings (SSSR count). The first-order chi connectivity index (χ1) is 12.2. The minimum atomic E-state index is 0.365. The molecule has 1 saturated heterocycles. The number of nitrogens with zero attached hydrogens (tertiary/aromatic N) is 3. The second kappa shape index (κ2) is 6.00. The van der Waals surface area contributed by atoms with Gasteiger partial charge in [0.2, 0.25) is 5.91 Å². The second-order valence-corrected chi connectivity index (χ2v) is 9.15. The predicted molar refractivity (Wildman–Crippen MR) is 98.3 cm³/mol. The van der Waals surface area contributed by atoms with E-state index in [2.05, 4.69) is 20.9 Å². The van der Waals surface area contributed by atoms with Crippen LogP contribution in [-0.2, 0) is 4.79 Å². The lowest BCUT2D eigenvalue weighted by atomic mass is 9.49. The van der Waals surface area contributed by atoms with Crippen LogP contribution in [0.3, 0.4) is 0 Å². The van der Waals surface area contributed by atoms with E-state index >= 15 is 0 Å². The normalized spacial score (nSPS) is 36.7. The van der Waals surface area contributed by atoms with E-state index in [0.717, 1.165) is 56.2 Å². The van der Waals surface area contributed by atoms with Crippen LogP contribution in [0.2, 0.25) is 0 Å². The molecule has 1 aliphatic heterocycles. The summed E-state index contributed by atoms with van der Waals surface area (Å²) < 4.78 is 0. The van der Waals surface area contributed by atoms with Gasteiger partial charge in [0.05, 0.1) is 0 Å². The van der Waals surface area contributed by atoms with Gasteiger partial charge in [-0.3, -0.25) is 4.79 Å². The minimum Gasteiger partial charge on any atom is -0.353 e. The Morgan fingerprint density at radius 2 is 1.64 bits per heavy atom. The van der Waals surface area contributed by atoms with E-state index in [-0.39, 0.29) is 0 Å². The average molecular weight is 339 g/mol. The van der Waals surface area contributed by atoms with Gasteiger partial charge < -0.3 is 9.80 Å². The summed E-state index contributed by atoms with van der Waals surface area (Å²) in [5.41, 5.74) is 0.365. The van der Waals surface area contributed by atoms with Crippen molar-refractivity contribution in [3.63, 3.8) is 0 Å². The molecule has 0 unspecified atom stereocenters. The molecule has 5 fully saturated rings. The quantitative estimate of drug-likeness (QED) is 0.847. The van der Waals surface area contributed by atoms with Crippen molar-refractivity contribution >= 4 is 11.7 Å². The van der Waals surface area contributed by atoms with Crippen molar-refractivity contribution in [3.8, 4) is 0 Å². The maximum Gasteiger partial charge on any atom is 0.223 e. The maximum atomic E-state index is 13.0. The van der Waals surface area contributed by atoms with Crippen LogP contribution in [0.4, 0.5) is 5.82 Å². The topological polar surface area (TPSA) is 36.4 Å². The third kappa shape index (κ3) is 2.94. The highest BCUT2D eigenvalue weighted by Crippen LogP contribution is 2.61. The van der Waals surface area contributed by atoms with E-state index in [4.69, 9.17) is 0 Å². The first kappa shape index (κ1) is 15.7. The number of anilines is 1. The second-order valence-electron chi connectivity index (χ2n) is 9.15. The van der Waals surface area contributed by atoms with Crippen molar-refractivity contribution in [3.05, 3.63) is 24.4 Å². The number of carbonyl (C=O) groups is 1. The summed E-state index contributed by atoms with van der Waals surface area (Å²) in [5.74, 6) is 4.25. The molecule has 2 heterocycles. The monoisotopic (exact) mass is 339 g/mol. The molecular weight excluding hydrogens is 310 g/mol. The Balaban J connectivity index is 1.20. The highest BCUT2D eigenvalue weighted by Gasteiger charge is 2.51. The fourth-order valence-electron chi connectivity index (χ4n) is 6.66. The van der Waals surface area contributed by atoms with Crippen LogP contribution in [0.15, 0.2) is 24.4 Å². The standard InChI is InChI=1S/C21H29N3O/c25-20(15-21-12-16-9-17(13-21)11-18(10-16)14-21)24-7-5-23(6-8-24)19-3-1-2-4-22-19/h1-4,16-18H,5-15H2. The zero-order valence-corrected chi connectivity index (χ0v) is 15.1. The van der Waals surface area contributed by atoms with E-state index in [0.29, 0.717) is 11.3 Å². The lowest BCUT2D eigenvalue weighted by Crippen LogP contribution is -2.52. The van der Waals surface area contributed by atoms with Gasteiger partial charge in [-0.15, -0.1) is 0 Å². The lowest BCUT2D eigenvalue weighted by molar-refractivity contribution is -0.139. The molecule has 0 radical (unpaired) electrons. The molecule has 4 bridgehead atoms. The van der Waals surface area contributed by atoms with Gasteiger partial charge in [0.1, 0.15) is 5.82 Å². The van der Waals surface area contributed by atoms with E-state index in [1.807, 2.05) is 18.3 Å². The summed E-state index contributed by atoms with van der Waals surface area (Å²) in [6, 6.07) is 6.05. The molecule has 4 aliphatic carbocycles. The van der Waals surface area contributed by atoms with Gasteiger partial charge in [0, 0.05) is 38.8 Å². The van der Waals surface area contributed by atoms with Crippen LogP contribution >= 0.6 is 0 Å². The van der Waals surface area contributed by atoms with Crippen molar-refractivity contribution in [2.24, 2.45) is 23.2 Å². The molecule has 0 atom stereocenters. The highest BCUT2D eigenvalue weighted by atomic mass is 16.2. The van der Waals surface area contributed by atoms with Gasteiger partial charge in [0.25, 0.3) is 0 Å². The van der Waals surface area contributed by atoms with Gasteiger partial charge in [-0.25, -0.2) is 4.98 Å². The Hall–Kier alpha value is -1.58. The summed E-state index contributed by atoms with van der Waals surface area (Å²) in [6.45, 7) is 3.51. The summed E-state index contributed by atoms with van der Waals surface area (Å²) in [7, 11) is 0. The number of rotatable bonds is 3. The predicted octanol–water partition coefficient (Wildman–Crippen LogP) is 3.34. The molecule has 0 N–H and O–H groups in total. The first-order valence-electron chi connectivity index (χ1n) is 10.1. The molecule has 0 spiro atoms. The highest BCUT2D eigenvalue weighted by molar-refractivity contribution is 5.77. The first-order valence-corrected chi connectivity index (χ1v) is 10.1. The van der Waals surface area contributed by atoms with Crippen LogP contribution in [0.25, 0.3) is 0 Å². The largest absolute Gasteiger partial charge is 0.353 e.